The SMILES string of the molecule is CCc1ccccc1NC(=O)C(=O)N(CCO)Cc1ccccc1. The molecule has 2 aromatic carbocycles. The first-order valence-electron chi connectivity index (χ1n) is 7.98. The van der Waals surface area contributed by atoms with Gasteiger partial charge in [-0.15, -0.1) is 0 Å². The smallest absolute Gasteiger partial charge is 0.313 e. The summed E-state index contributed by atoms with van der Waals surface area (Å²) in [7, 11) is 0. The number of hydrogen-bond acceptors (Lipinski definition) is 3. The molecule has 2 N–H and O–H groups in total. The summed E-state index contributed by atoms with van der Waals surface area (Å²) in [5, 5.41) is 11.9. The maximum Gasteiger partial charge on any atom is 0.313 e. The van der Waals surface area contributed by atoms with E-state index in [1.807, 2.05) is 55.5 Å². The Bertz CT molecular complexity index is 686. The molecule has 0 spiro atoms. The van der Waals surface area contributed by atoms with Crippen molar-refractivity contribution >= 4 is 17.5 Å². The standard InChI is InChI=1S/C19H22N2O3/c1-2-16-10-6-7-11-17(16)20-18(23)19(24)21(12-13-22)14-15-8-4-3-5-9-15/h3-11,22H,2,12-14H2,1H3,(H,20,23). The first-order chi connectivity index (χ1) is 11.7. The lowest BCUT2D eigenvalue weighted by Crippen LogP contribution is -2.40. The van der Waals surface area contributed by atoms with Crippen LogP contribution in [0.4, 0.5) is 5.69 Å². The highest BCUT2D eigenvalue weighted by atomic mass is 16.3. The van der Waals surface area contributed by atoms with Crippen molar-refractivity contribution in [2.24, 2.45) is 0 Å². The summed E-state index contributed by atoms with van der Waals surface area (Å²) in [4.78, 5) is 26.1. The normalized spacial score (nSPS) is 10.2. The number of para-hydroxylation sites is 1. The lowest BCUT2D eigenvalue weighted by atomic mass is 10.1. The number of amides is 2. The van der Waals surface area contributed by atoms with Gasteiger partial charge in [-0.05, 0) is 23.6 Å². The molecule has 0 heterocycles. The second kappa shape index (κ2) is 8.84. The molecule has 2 rings (SSSR count). The van der Waals surface area contributed by atoms with Crippen molar-refractivity contribution in [3.05, 3.63) is 65.7 Å². The summed E-state index contributed by atoms with van der Waals surface area (Å²) in [5.74, 6) is -1.35. The molecule has 0 aromatic heterocycles. The van der Waals surface area contributed by atoms with Gasteiger partial charge in [0.1, 0.15) is 0 Å². The van der Waals surface area contributed by atoms with Gasteiger partial charge in [-0.1, -0.05) is 55.5 Å². The van der Waals surface area contributed by atoms with Crippen molar-refractivity contribution in [3.8, 4) is 0 Å². The molecule has 0 unspecified atom stereocenters. The first-order valence-corrected chi connectivity index (χ1v) is 7.98. The Labute approximate surface area is 141 Å². The largest absolute Gasteiger partial charge is 0.395 e. The molecule has 0 bridgehead atoms. The zero-order valence-electron chi connectivity index (χ0n) is 13.7. The highest BCUT2D eigenvalue weighted by Gasteiger charge is 2.22. The predicted molar refractivity (Wildman–Crippen MR) is 93.4 cm³/mol. The highest BCUT2D eigenvalue weighted by molar-refractivity contribution is 6.39. The van der Waals surface area contributed by atoms with Crippen molar-refractivity contribution in [2.75, 3.05) is 18.5 Å². The molecular weight excluding hydrogens is 304 g/mol. The number of rotatable bonds is 6. The van der Waals surface area contributed by atoms with Gasteiger partial charge in [-0.3, -0.25) is 9.59 Å². The van der Waals surface area contributed by atoms with Gasteiger partial charge in [0.15, 0.2) is 0 Å². The molecule has 2 amide bonds. The highest BCUT2D eigenvalue weighted by Crippen LogP contribution is 2.15. The Hall–Kier alpha value is -2.66. The molecule has 0 aliphatic rings. The number of carbonyl (C=O) groups is 2. The molecule has 126 valence electrons. The fourth-order valence-electron chi connectivity index (χ4n) is 2.45. The topological polar surface area (TPSA) is 69.6 Å². The summed E-state index contributed by atoms with van der Waals surface area (Å²) in [6.07, 6.45) is 0.759. The Morgan fingerprint density at radius 3 is 2.38 bits per heavy atom. The molecular formula is C19H22N2O3. The van der Waals surface area contributed by atoms with Crippen LogP contribution in [0.1, 0.15) is 18.1 Å². The Kier molecular flexibility index (Phi) is 6.51. The maximum absolute atomic E-state index is 12.4. The number of hydrogen-bond donors (Lipinski definition) is 2. The van der Waals surface area contributed by atoms with E-state index in [-0.39, 0.29) is 19.7 Å². The van der Waals surface area contributed by atoms with Crippen LogP contribution in [-0.4, -0.2) is 35.0 Å². The van der Waals surface area contributed by atoms with Gasteiger partial charge in [0, 0.05) is 18.8 Å². The molecule has 0 atom stereocenters. The van der Waals surface area contributed by atoms with E-state index in [0.717, 1.165) is 17.5 Å². The molecule has 0 fully saturated rings. The Balaban J connectivity index is 2.09. The van der Waals surface area contributed by atoms with E-state index in [1.165, 1.54) is 4.90 Å². The molecule has 5 nitrogen and oxygen atoms in total. The van der Waals surface area contributed by atoms with Gasteiger partial charge in [0.05, 0.1) is 6.61 Å². The molecule has 0 radical (unpaired) electrons. The summed E-state index contributed by atoms with van der Waals surface area (Å²) < 4.78 is 0. The van der Waals surface area contributed by atoms with Crippen LogP contribution >= 0.6 is 0 Å². The number of nitrogens with zero attached hydrogens (tertiary/aromatic N) is 1. The summed E-state index contributed by atoms with van der Waals surface area (Å²) >= 11 is 0. The van der Waals surface area contributed by atoms with Crippen LogP contribution < -0.4 is 5.32 Å². The van der Waals surface area contributed by atoms with E-state index < -0.39 is 11.8 Å². The van der Waals surface area contributed by atoms with Crippen molar-refractivity contribution in [1.82, 2.24) is 4.90 Å². The predicted octanol–water partition coefficient (Wildman–Crippen LogP) is 2.21. The van der Waals surface area contributed by atoms with Crippen LogP contribution in [0.2, 0.25) is 0 Å². The van der Waals surface area contributed by atoms with Gasteiger partial charge in [-0.25, -0.2) is 0 Å². The van der Waals surface area contributed by atoms with E-state index in [2.05, 4.69) is 5.32 Å². The second-order valence-electron chi connectivity index (χ2n) is 5.40. The number of nitrogens with one attached hydrogen (secondary N) is 1. The van der Waals surface area contributed by atoms with Crippen LogP contribution in [0, 0.1) is 0 Å². The number of aliphatic hydroxyl groups is 1. The molecule has 0 saturated carbocycles. The van der Waals surface area contributed by atoms with Crippen molar-refractivity contribution in [2.45, 2.75) is 19.9 Å². The zero-order chi connectivity index (χ0) is 17.4. The van der Waals surface area contributed by atoms with E-state index in [0.29, 0.717) is 5.69 Å². The number of aryl methyl sites for hydroxylation is 1. The fourth-order valence-corrected chi connectivity index (χ4v) is 2.45. The van der Waals surface area contributed by atoms with Gasteiger partial charge < -0.3 is 15.3 Å². The molecule has 0 aliphatic heterocycles. The van der Waals surface area contributed by atoms with Crippen LogP contribution in [0.25, 0.3) is 0 Å². The van der Waals surface area contributed by atoms with Crippen molar-refractivity contribution < 1.29 is 14.7 Å². The average Bonchev–Trinajstić information content (AvgIpc) is 2.62. The van der Waals surface area contributed by atoms with Crippen LogP contribution in [0.3, 0.4) is 0 Å². The Morgan fingerprint density at radius 1 is 1.04 bits per heavy atom. The molecule has 0 aliphatic carbocycles. The molecule has 5 heteroatoms. The molecule has 0 saturated heterocycles. The third kappa shape index (κ3) is 4.67. The summed E-state index contributed by atoms with van der Waals surface area (Å²) in [6.45, 7) is 2.18. The average molecular weight is 326 g/mol. The number of carbonyl (C=O) groups excluding carboxylic acids is 2. The van der Waals surface area contributed by atoms with E-state index in [1.54, 1.807) is 6.07 Å². The minimum atomic E-state index is -0.694. The van der Waals surface area contributed by atoms with Gasteiger partial charge >= 0.3 is 11.8 Å². The van der Waals surface area contributed by atoms with Crippen molar-refractivity contribution in [3.63, 3.8) is 0 Å². The minimum absolute atomic E-state index is 0.108. The van der Waals surface area contributed by atoms with E-state index >= 15 is 0 Å². The lowest BCUT2D eigenvalue weighted by molar-refractivity contribution is -0.143. The zero-order valence-corrected chi connectivity index (χ0v) is 13.7. The van der Waals surface area contributed by atoms with Crippen LogP contribution in [-0.2, 0) is 22.6 Å². The van der Waals surface area contributed by atoms with Crippen LogP contribution in [0.5, 0.6) is 0 Å². The number of aliphatic hydroxyl groups excluding tert-OH is 1. The van der Waals surface area contributed by atoms with Gasteiger partial charge in [0.25, 0.3) is 0 Å². The quantitative estimate of drug-likeness (QED) is 0.800. The fraction of sp³-hybridized carbons (Fsp3) is 0.263. The Morgan fingerprint density at radius 2 is 1.71 bits per heavy atom. The molecule has 24 heavy (non-hydrogen) atoms. The second-order valence-corrected chi connectivity index (χ2v) is 5.40. The third-order valence-electron chi connectivity index (χ3n) is 3.71. The summed E-state index contributed by atoms with van der Waals surface area (Å²) in [5.41, 5.74) is 2.51. The number of benzene rings is 2. The van der Waals surface area contributed by atoms with Crippen LogP contribution in [0.15, 0.2) is 54.6 Å². The van der Waals surface area contributed by atoms with Gasteiger partial charge in [0.2, 0.25) is 0 Å². The van der Waals surface area contributed by atoms with E-state index in [4.69, 9.17) is 0 Å². The monoisotopic (exact) mass is 326 g/mol. The minimum Gasteiger partial charge on any atom is -0.395 e. The maximum atomic E-state index is 12.4. The lowest BCUT2D eigenvalue weighted by Gasteiger charge is -2.21. The first kappa shape index (κ1) is 17.7. The summed E-state index contributed by atoms with van der Waals surface area (Å²) in [6, 6.07) is 16.8. The number of anilines is 1. The molecule has 2 aromatic rings. The van der Waals surface area contributed by atoms with Gasteiger partial charge in [-0.2, -0.15) is 0 Å². The van der Waals surface area contributed by atoms with Crippen molar-refractivity contribution in [1.29, 1.82) is 0 Å². The van der Waals surface area contributed by atoms with E-state index in [9.17, 15) is 14.7 Å². The third-order valence-corrected chi connectivity index (χ3v) is 3.71.